The van der Waals surface area contributed by atoms with E-state index in [0.717, 1.165) is 0 Å². The summed E-state index contributed by atoms with van der Waals surface area (Å²) in [6, 6.07) is 6.39. The predicted molar refractivity (Wildman–Crippen MR) is 69.3 cm³/mol. The van der Waals surface area contributed by atoms with Crippen molar-refractivity contribution >= 4 is 29.5 Å². The van der Waals surface area contributed by atoms with E-state index in [2.05, 4.69) is 0 Å². The fourth-order valence-corrected chi connectivity index (χ4v) is 2.37. The Balaban J connectivity index is 3.34. The monoisotopic (exact) mass is 257 g/mol. The van der Waals surface area contributed by atoms with Crippen LogP contribution in [0, 0.1) is 0 Å². The lowest BCUT2D eigenvalue weighted by molar-refractivity contribution is 0.425. The van der Waals surface area contributed by atoms with Gasteiger partial charge in [-0.05, 0) is 26.8 Å². The van der Waals surface area contributed by atoms with Gasteiger partial charge in [0.25, 0.3) is 11.3 Å². The molecule has 1 rings (SSSR count). The van der Waals surface area contributed by atoms with Gasteiger partial charge >= 0.3 is 7.12 Å². The van der Waals surface area contributed by atoms with Crippen LogP contribution in [0.25, 0.3) is 0 Å². The van der Waals surface area contributed by atoms with Crippen molar-refractivity contribution in [2.75, 3.05) is 4.31 Å². The van der Waals surface area contributed by atoms with Gasteiger partial charge < -0.3 is 10.0 Å². The first kappa shape index (κ1) is 14.2. The minimum atomic E-state index is -2.24. The maximum Gasteiger partial charge on any atom is 0.490 e. The van der Waals surface area contributed by atoms with Crippen molar-refractivity contribution in [1.29, 1.82) is 0 Å². The number of hydrogen-bond acceptors (Lipinski definition) is 3. The molecule has 0 aliphatic rings. The molecule has 1 aromatic carbocycles. The lowest BCUT2D eigenvalue weighted by atomic mass is 9.78. The molecule has 1 atom stereocenters. The Morgan fingerprint density at radius 2 is 1.76 bits per heavy atom. The van der Waals surface area contributed by atoms with Crippen molar-refractivity contribution in [3.8, 4) is 0 Å². The van der Waals surface area contributed by atoms with E-state index >= 15 is 0 Å². The van der Waals surface area contributed by atoms with Crippen LogP contribution in [0.15, 0.2) is 24.3 Å². The number of benzene rings is 1. The molecule has 0 heterocycles. The summed E-state index contributed by atoms with van der Waals surface area (Å²) in [5.74, 6) is 0. The third-order valence-corrected chi connectivity index (χ3v) is 3.26. The van der Waals surface area contributed by atoms with Crippen molar-refractivity contribution in [2.45, 2.75) is 26.3 Å². The van der Waals surface area contributed by atoms with E-state index in [4.69, 9.17) is 0 Å². The quantitative estimate of drug-likeness (QED) is 0.530. The lowest BCUT2D eigenvalue weighted by Crippen LogP contribution is -2.47. The number of hydrogen-bond donors (Lipinski definition) is 3. The summed E-state index contributed by atoms with van der Waals surface area (Å²) in [6.45, 7) is 5.30. The van der Waals surface area contributed by atoms with Crippen molar-refractivity contribution in [1.82, 2.24) is 0 Å². The summed E-state index contributed by atoms with van der Waals surface area (Å²) in [5, 5.41) is 18.5. The molecule has 1 unspecified atom stereocenters. The van der Waals surface area contributed by atoms with Gasteiger partial charge in [-0.1, -0.05) is 18.2 Å². The molecular weight excluding hydrogens is 241 g/mol. The van der Waals surface area contributed by atoms with E-state index in [1.54, 1.807) is 39.0 Å². The van der Waals surface area contributed by atoms with Crippen LogP contribution in [0.4, 0.5) is 5.69 Å². The SMILES string of the molecule is CC(C)(C)N(c1ccccc1B(O)O)S(=O)O. The first-order valence-corrected chi connectivity index (χ1v) is 6.18. The zero-order valence-electron chi connectivity index (χ0n) is 9.99. The summed E-state index contributed by atoms with van der Waals surface area (Å²) in [6.07, 6.45) is 0. The summed E-state index contributed by atoms with van der Waals surface area (Å²) >= 11 is -2.24. The number of rotatable bonds is 3. The maximum atomic E-state index is 11.4. The van der Waals surface area contributed by atoms with Gasteiger partial charge in [-0.25, -0.2) is 4.21 Å². The topological polar surface area (TPSA) is 81.0 Å². The molecule has 0 saturated heterocycles. The van der Waals surface area contributed by atoms with Crippen molar-refractivity contribution < 1.29 is 18.8 Å². The van der Waals surface area contributed by atoms with Crippen LogP contribution in [0.1, 0.15) is 20.8 Å². The van der Waals surface area contributed by atoms with E-state index in [1.165, 1.54) is 10.4 Å². The molecular formula is C10H16BNO4S. The van der Waals surface area contributed by atoms with Gasteiger partial charge in [-0.15, -0.1) is 0 Å². The van der Waals surface area contributed by atoms with Gasteiger partial charge in [-0.2, -0.15) is 0 Å². The Bertz CT molecular complexity index is 419. The van der Waals surface area contributed by atoms with E-state index in [0.29, 0.717) is 5.69 Å². The van der Waals surface area contributed by atoms with Crippen LogP contribution >= 0.6 is 0 Å². The van der Waals surface area contributed by atoms with Crippen molar-refractivity contribution in [3.05, 3.63) is 24.3 Å². The predicted octanol–water partition coefficient (Wildman–Crippen LogP) is 0.108. The number of anilines is 1. The highest BCUT2D eigenvalue weighted by molar-refractivity contribution is 7.80. The second kappa shape index (κ2) is 5.18. The van der Waals surface area contributed by atoms with E-state index in [-0.39, 0.29) is 5.46 Å². The molecule has 5 nitrogen and oxygen atoms in total. The minimum Gasteiger partial charge on any atom is -0.423 e. The highest BCUT2D eigenvalue weighted by Crippen LogP contribution is 2.23. The third-order valence-electron chi connectivity index (χ3n) is 2.20. The van der Waals surface area contributed by atoms with Gasteiger partial charge in [0.05, 0.1) is 5.69 Å². The Kier molecular flexibility index (Phi) is 4.32. The summed E-state index contributed by atoms with van der Waals surface area (Å²) in [7, 11) is -1.68. The lowest BCUT2D eigenvalue weighted by Gasteiger charge is -2.34. The molecule has 0 saturated carbocycles. The minimum absolute atomic E-state index is 0.199. The average Bonchev–Trinajstić information content (AvgIpc) is 2.15. The Morgan fingerprint density at radius 1 is 1.24 bits per heavy atom. The Morgan fingerprint density at radius 3 is 2.18 bits per heavy atom. The number of para-hydroxylation sites is 1. The molecule has 0 spiro atoms. The zero-order valence-corrected chi connectivity index (χ0v) is 10.8. The number of nitrogens with zero attached hydrogens (tertiary/aromatic N) is 1. The molecule has 3 N–H and O–H groups in total. The third kappa shape index (κ3) is 3.29. The molecule has 0 aliphatic heterocycles. The standard InChI is InChI=1S/C10H16BNO4S/c1-10(2,3)12(17(15)16)9-7-5-4-6-8(9)11(13)14/h4-7,13-14H,1-3H3,(H,15,16). The Labute approximate surface area is 104 Å². The molecule has 0 fully saturated rings. The molecule has 17 heavy (non-hydrogen) atoms. The molecule has 0 radical (unpaired) electrons. The molecule has 0 aliphatic carbocycles. The summed E-state index contributed by atoms with van der Waals surface area (Å²) in [4.78, 5) is 0. The highest BCUT2D eigenvalue weighted by atomic mass is 32.2. The molecule has 0 amide bonds. The van der Waals surface area contributed by atoms with Gasteiger partial charge in [0, 0.05) is 11.0 Å². The smallest absolute Gasteiger partial charge is 0.423 e. The van der Waals surface area contributed by atoms with E-state index < -0.39 is 23.9 Å². The van der Waals surface area contributed by atoms with Crippen LogP contribution in [0.5, 0.6) is 0 Å². The van der Waals surface area contributed by atoms with Crippen molar-refractivity contribution in [3.63, 3.8) is 0 Å². The summed E-state index contributed by atoms with van der Waals surface area (Å²) < 4.78 is 22.0. The zero-order chi connectivity index (χ0) is 13.2. The highest BCUT2D eigenvalue weighted by Gasteiger charge is 2.30. The van der Waals surface area contributed by atoms with Crippen LogP contribution in [0.2, 0.25) is 0 Å². The van der Waals surface area contributed by atoms with Gasteiger partial charge in [0.1, 0.15) is 0 Å². The molecule has 0 aromatic heterocycles. The first-order valence-electron chi connectivity index (χ1n) is 5.11. The second-order valence-corrected chi connectivity index (χ2v) is 5.45. The fourth-order valence-electron chi connectivity index (χ4n) is 1.57. The van der Waals surface area contributed by atoms with E-state index in [9.17, 15) is 18.8 Å². The molecule has 0 bridgehead atoms. The van der Waals surface area contributed by atoms with Gasteiger partial charge in [0.2, 0.25) is 0 Å². The molecule has 94 valence electrons. The molecule has 1 aromatic rings. The second-order valence-electron chi connectivity index (χ2n) is 4.63. The van der Waals surface area contributed by atoms with Gasteiger partial charge in [-0.3, -0.25) is 8.86 Å². The van der Waals surface area contributed by atoms with E-state index in [1.807, 2.05) is 0 Å². The van der Waals surface area contributed by atoms with Crippen LogP contribution in [0.3, 0.4) is 0 Å². The van der Waals surface area contributed by atoms with Crippen LogP contribution in [-0.2, 0) is 11.3 Å². The Hall–Kier alpha value is -0.885. The molecule has 7 heteroatoms. The average molecular weight is 257 g/mol. The van der Waals surface area contributed by atoms with Crippen molar-refractivity contribution in [2.24, 2.45) is 0 Å². The van der Waals surface area contributed by atoms with Crippen LogP contribution in [-0.4, -0.2) is 31.5 Å². The largest absolute Gasteiger partial charge is 0.490 e. The van der Waals surface area contributed by atoms with Crippen LogP contribution < -0.4 is 9.77 Å². The normalized spacial score (nSPS) is 13.3. The maximum absolute atomic E-state index is 11.4. The first-order chi connectivity index (χ1) is 7.75. The van der Waals surface area contributed by atoms with Gasteiger partial charge in [0.15, 0.2) is 0 Å². The fraction of sp³-hybridized carbons (Fsp3) is 0.400. The summed E-state index contributed by atoms with van der Waals surface area (Å²) in [5.41, 5.74) is -0.0920.